The van der Waals surface area contributed by atoms with Crippen LogP contribution < -0.4 is 10.1 Å². The molecule has 0 fully saturated rings. The van der Waals surface area contributed by atoms with Gasteiger partial charge in [0.2, 0.25) is 0 Å². The number of hydrogen-bond acceptors (Lipinski definition) is 5. The maximum absolute atomic E-state index is 11.9. The highest BCUT2D eigenvalue weighted by Gasteiger charge is 2.08. The Morgan fingerprint density at radius 3 is 2.08 bits per heavy atom. The Labute approximate surface area is 145 Å². The van der Waals surface area contributed by atoms with E-state index >= 15 is 0 Å². The average molecular weight is 341 g/mol. The van der Waals surface area contributed by atoms with Crippen LogP contribution in [0.15, 0.2) is 48.5 Å². The van der Waals surface area contributed by atoms with Gasteiger partial charge < -0.3 is 14.8 Å². The Kier molecular flexibility index (Phi) is 6.28. The summed E-state index contributed by atoms with van der Waals surface area (Å²) in [5.41, 5.74) is 1.58. The lowest BCUT2D eigenvalue weighted by atomic mass is 10.1. The van der Waals surface area contributed by atoms with Gasteiger partial charge in [-0.2, -0.15) is 0 Å². The molecule has 0 unspecified atom stereocenters. The molecule has 0 aliphatic rings. The molecule has 2 rings (SSSR count). The average Bonchev–Trinajstić information content (AvgIpc) is 2.61. The zero-order chi connectivity index (χ0) is 18.2. The van der Waals surface area contributed by atoms with Crippen molar-refractivity contribution in [3.8, 4) is 5.75 Å². The molecule has 2 aromatic rings. The molecule has 6 nitrogen and oxygen atoms in total. The van der Waals surface area contributed by atoms with Crippen LogP contribution in [0.1, 0.15) is 34.6 Å². The Hall–Kier alpha value is -3.15. The lowest BCUT2D eigenvalue weighted by Gasteiger charge is -2.08. The molecule has 0 saturated heterocycles. The van der Waals surface area contributed by atoms with E-state index in [2.05, 4.69) is 5.32 Å². The maximum atomic E-state index is 11.9. The van der Waals surface area contributed by atoms with Crippen LogP contribution in [0.2, 0.25) is 0 Å². The van der Waals surface area contributed by atoms with Gasteiger partial charge in [-0.25, -0.2) is 4.79 Å². The van der Waals surface area contributed by atoms with Crippen LogP contribution in [0, 0.1) is 0 Å². The lowest BCUT2D eigenvalue weighted by Crippen LogP contribution is -2.20. The van der Waals surface area contributed by atoms with E-state index in [0.29, 0.717) is 29.2 Å². The van der Waals surface area contributed by atoms with Gasteiger partial charge in [0.05, 0.1) is 12.2 Å². The first-order valence-electron chi connectivity index (χ1n) is 7.80. The fraction of sp³-hybridized carbons (Fsp3) is 0.211. The van der Waals surface area contributed by atoms with Crippen LogP contribution >= 0.6 is 0 Å². The number of rotatable bonds is 7. The number of carbonyl (C=O) groups is 3. The molecule has 1 N–H and O–H groups in total. The van der Waals surface area contributed by atoms with E-state index in [9.17, 15) is 14.4 Å². The van der Waals surface area contributed by atoms with Crippen molar-refractivity contribution < 1.29 is 23.9 Å². The van der Waals surface area contributed by atoms with Gasteiger partial charge in [0, 0.05) is 11.3 Å². The second kappa shape index (κ2) is 8.63. The number of benzene rings is 2. The van der Waals surface area contributed by atoms with Gasteiger partial charge in [0.15, 0.2) is 12.4 Å². The summed E-state index contributed by atoms with van der Waals surface area (Å²) >= 11 is 0. The van der Waals surface area contributed by atoms with E-state index < -0.39 is 5.97 Å². The standard InChI is InChI=1S/C19H19NO5/c1-3-24-19(23)15-6-10-17(11-7-15)25-12-18(22)20-16-8-4-14(5-9-16)13(2)21/h4-11H,3,12H2,1-2H3,(H,20,22). The van der Waals surface area contributed by atoms with Crippen molar-refractivity contribution in [3.63, 3.8) is 0 Å². The summed E-state index contributed by atoms with van der Waals surface area (Å²) in [5.74, 6) is -0.298. The number of esters is 1. The zero-order valence-electron chi connectivity index (χ0n) is 14.1. The van der Waals surface area contributed by atoms with Gasteiger partial charge in [-0.15, -0.1) is 0 Å². The Balaban J connectivity index is 1.85. The monoisotopic (exact) mass is 341 g/mol. The fourth-order valence-electron chi connectivity index (χ4n) is 2.04. The third kappa shape index (κ3) is 5.46. The largest absolute Gasteiger partial charge is 0.484 e. The summed E-state index contributed by atoms with van der Waals surface area (Å²) in [5, 5.41) is 2.68. The highest BCUT2D eigenvalue weighted by molar-refractivity contribution is 5.96. The van der Waals surface area contributed by atoms with Gasteiger partial charge in [-0.05, 0) is 62.4 Å². The molecule has 0 aliphatic carbocycles. The highest BCUT2D eigenvalue weighted by atomic mass is 16.5. The molecule has 2 aromatic carbocycles. The smallest absolute Gasteiger partial charge is 0.338 e. The molecule has 130 valence electrons. The lowest BCUT2D eigenvalue weighted by molar-refractivity contribution is -0.118. The first-order valence-corrected chi connectivity index (χ1v) is 7.80. The molecule has 0 saturated carbocycles. The van der Waals surface area contributed by atoms with Crippen molar-refractivity contribution in [2.45, 2.75) is 13.8 Å². The molecular formula is C19H19NO5. The summed E-state index contributed by atoms with van der Waals surface area (Å²) in [6, 6.07) is 12.9. The van der Waals surface area contributed by atoms with Gasteiger partial charge in [0.25, 0.3) is 5.91 Å². The molecular weight excluding hydrogens is 322 g/mol. The molecule has 25 heavy (non-hydrogen) atoms. The number of nitrogens with one attached hydrogen (secondary N) is 1. The van der Waals surface area contributed by atoms with E-state index in [-0.39, 0.29) is 18.3 Å². The Bertz CT molecular complexity index is 750. The van der Waals surface area contributed by atoms with Crippen molar-refractivity contribution >= 4 is 23.3 Å². The molecule has 0 aromatic heterocycles. The van der Waals surface area contributed by atoms with Crippen molar-refractivity contribution in [2.24, 2.45) is 0 Å². The molecule has 1 amide bonds. The van der Waals surface area contributed by atoms with Crippen LogP contribution in [-0.2, 0) is 9.53 Å². The zero-order valence-corrected chi connectivity index (χ0v) is 14.1. The molecule has 6 heteroatoms. The number of hydrogen-bond donors (Lipinski definition) is 1. The molecule has 0 atom stereocenters. The topological polar surface area (TPSA) is 81.7 Å². The number of ketones is 1. The van der Waals surface area contributed by atoms with Crippen molar-refractivity contribution in [1.29, 1.82) is 0 Å². The molecule has 0 aliphatic heterocycles. The first kappa shape index (κ1) is 18.2. The summed E-state index contributed by atoms with van der Waals surface area (Å²) in [7, 11) is 0. The van der Waals surface area contributed by atoms with Crippen LogP contribution in [-0.4, -0.2) is 30.9 Å². The van der Waals surface area contributed by atoms with Crippen LogP contribution in [0.5, 0.6) is 5.75 Å². The minimum Gasteiger partial charge on any atom is -0.484 e. The van der Waals surface area contributed by atoms with Crippen LogP contribution in [0.3, 0.4) is 0 Å². The van der Waals surface area contributed by atoms with Gasteiger partial charge in [0.1, 0.15) is 5.75 Å². The number of amides is 1. The fourth-order valence-corrected chi connectivity index (χ4v) is 2.04. The summed E-state index contributed by atoms with van der Waals surface area (Å²) in [4.78, 5) is 34.6. The third-order valence-corrected chi connectivity index (χ3v) is 3.31. The Morgan fingerprint density at radius 1 is 0.920 bits per heavy atom. The van der Waals surface area contributed by atoms with Crippen LogP contribution in [0.25, 0.3) is 0 Å². The maximum Gasteiger partial charge on any atom is 0.338 e. The van der Waals surface area contributed by atoms with Crippen molar-refractivity contribution in [2.75, 3.05) is 18.5 Å². The van der Waals surface area contributed by atoms with E-state index in [0.717, 1.165) is 0 Å². The number of Topliss-reactive ketones (excluding diaryl/α,β-unsaturated/α-hetero) is 1. The van der Waals surface area contributed by atoms with E-state index in [1.807, 2.05) is 0 Å². The Morgan fingerprint density at radius 2 is 1.52 bits per heavy atom. The minimum atomic E-state index is -0.402. The van der Waals surface area contributed by atoms with E-state index in [1.165, 1.54) is 6.92 Å². The molecule has 0 bridgehead atoms. The SMILES string of the molecule is CCOC(=O)c1ccc(OCC(=O)Nc2ccc(C(C)=O)cc2)cc1. The normalized spacial score (nSPS) is 10.0. The van der Waals surface area contributed by atoms with Crippen LogP contribution in [0.4, 0.5) is 5.69 Å². The first-order chi connectivity index (χ1) is 12.0. The molecule has 0 spiro atoms. The number of ether oxygens (including phenoxy) is 2. The third-order valence-electron chi connectivity index (χ3n) is 3.31. The number of carbonyl (C=O) groups excluding carboxylic acids is 3. The quantitative estimate of drug-likeness (QED) is 0.618. The van der Waals surface area contributed by atoms with E-state index in [4.69, 9.17) is 9.47 Å². The molecule has 0 radical (unpaired) electrons. The second-order valence-corrected chi connectivity index (χ2v) is 5.22. The summed E-state index contributed by atoms with van der Waals surface area (Å²) in [6.45, 7) is 3.36. The number of anilines is 1. The predicted molar refractivity (Wildman–Crippen MR) is 93.0 cm³/mol. The van der Waals surface area contributed by atoms with Gasteiger partial charge in [-0.3, -0.25) is 9.59 Å². The summed E-state index contributed by atoms with van der Waals surface area (Å²) < 4.78 is 10.3. The van der Waals surface area contributed by atoms with Crippen molar-refractivity contribution in [3.05, 3.63) is 59.7 Å². The van der Waals surface area contributed by atoms with Gasteiger partial charge >= 0.3 is 5.97 Å². The van der Waals surface area contributed by atoms with Gasteiger partial charge in [-0.1, -0.05) is 0 Å². The molecule has 0 heterocycles. The van der Waals surface area contributed by atoms with E-state index in [1.54, 1.807) is 55.5 Å². The second-order valence-electron chi connectivity index (χ2n) is 5.22. The minimum absolute atomic E-state index is 0.0347. The summed E-state index contributed by atoms with van der Waals surface area (Å²) in [6.07, 6.45) is 0. The predicted octanol–water partition coefficient (Wildman–Crippen LogP) is 3.08. The van der Waals surface area contributed by atoms with Crippen molar-refractivity contribution in [1.82, 2.24) is 0 Å². The highest BCUT2D eigenvalue weighted by Crippen LogP contribution is 2.14.